The number of hydrogen-bond acceptors (Lipinski definition) is 4. The van der Waals surface area contributed by atoms with Gasteiger partial charge in [0.1, 0.15) is 0 Å². The van der Waals surface area contributed by atoms with Gasteiger partial charge in [-0.25, -0.2) is 0 Å². The maximum absolute atomic E-state index is 12.8. The number of carbonyl (C=O) groups is 1. The third-order valence-electron chi connectivity index (χ3n) is 5.38. The molecule has 5 atom stereocenters. The van der Waals surface area contributed by atoms with Crippen molar-refractivity contribution in [3.8, 4) is 0 Å². The topological polar surface area (TPSA) is 65.5 Å². The van der Waals surface area contributed by atoms with Crippen LogP contribution in [0.15, 0.2) is 4.99 Å². The lowest BCUT2D eigenvalue weighted by Crippen LogP contribution is -2.52. The molecule has 0 aromatic carbocycles. The first-order valence-electron chi connectivity index (χ1n) is 9.28. The van der Waals surface area contributed by atoms with E-state index < -0.39 is 0 Å². The predicted octanol–water partition coefficient (Wildman–Crippen LogP) is 1.97. The minimum absolute atomic E-state index is 0.0518. The van der Waals surface area contributed by atoms with E-state index in [-0.39, 0.29) is 23.4 Å². The quantitative estimate of drug-likeness (QED) is 0.745. The van der Waals surface area contributed by atoms with E-state index in [4.69, 9.17) is 0 Å². The molecule has 5 heteroatoms. The van der Waals surface area contributed by atoms with Crippen molar-refractivity contribution >= 4 is 12.2 Å². The van der Waals surface area contributed by atoms with Crippen molar-refractivity contribution in [2.45, 2.75) is 95.4 Å². The van der Waals surface area contributed by atoms with Crippen molar-refractivity contribution in [2.24, 2.45) is 10.9 Å². The van der Waals surface area contributed by atoms with E-state index in [1.165, 1.54) is 12.8 Å². The van der Waals surface area contributed by atoms with Gasteiger partial charge in [-0.2, -0.15) is 0 Å². The normalized spacial score (nSPS) is 37.1. The van der Waals surface area contributed by atoms with Crippen LogP contribution in [-0.4, -0.2) is 42.0 Å². The molecular weight excluding hydrogens is 288 g/mol. The molecule has 3 N–H and O–H groups in total. The maximum Gasteiger partial charge on any atom is 0.225 e. The molecule has 23 heavy (non-hydrogen) atoms. The number of nitrogens with zero attached hydrogens (tertiary/aromatic N) is 1. The summed E-state index contributed by atoms with van der Waals surface area (Å²) in [5.74, 6) is 0.276. The number of aliphatic imine (C=N–C) groups is 1. The number of hydrogen-bond donors (Lipinski definition) is 3. The zero-order chi connectivity index (χ0) is 16.4. The second-order valence-electron chi connectivity index (χ2n) is 8.54. The molecule has 0 spiro atoms. The van der Waals surface area contributed by atoms with Gasteiger partial charge in [0, 0.05) is 17.6 Å². The monoisotopic (exact) mass is 320 g/mol. The standard InChI is InChI=1S/C18H32N4O/c1-18(2,3)22-13-7-4-6-12(10-13)21-17(23)14-8-5-9-15-16(14)20-11-19-15/h11-16,22H,4-10H2,1-3H3,(H,19,20)(H,21,23). The fraction of sp³-hybridized carbons (Fsp3) is 0.889. The SMILES string of the molecule is CC(C)(C)NC1CCCC(NC(=O)C2CCCC3NC=NC32)C1. The Hall–Kier alpha value is -1.10. The third kappa shape index (κ3) is 4.25. The van der Waals surface area contributed by atoms with Crippen molar-refractivity contribution in [2.75, 3.05) is 0 Å². The summed E-state index contributed by atoms with van der Waals surface area (Å²) in [5.41, 5.74) is 0.136. The number of amides is 1. The first-order chi connectivity index (χ1) is 10.9. The Morgan fingerprint density at radius 2 is 1.87 bits per heavy atom. The summed E-state index contributed by atoms with van der Waals surface area (Å²) in [6.45, 7) is 6.63. The molecule has 0 aromatic heterocycles. The van der Waals surface area contributed by atoms with E-state index >= 15 is 0 Å². The minimum atomic E-state index is 0.0518. The summed E-state index contributed by atoms with van der Waals surface area (Å²) in [5, 5.41) is 10.3. The second-order valence-corrected chi connectivity index (χ2v) is 8.54. The van der Waals surface area contributed by atoms with Crippen LogP contribution in [0.5, 0.6) is 0 Å². The number of fused-ring (bicyclic) bond motifs is 1. The zero-order valence-electron chi connectivity index (χ0n) is 14.8. The van der Waals surface area contributed by atoms with Gasteiger partial charge in [-0.05, 0) is 59.3 Å². The lowest BCUT2D eigenvalue weighted by Gasteiger charge is -2.37. The fourth-order valence-corrected chi connectivity index (χ4v) is 4.45. The van der Waals surface area contributed by atoms with Gasteiger partial charge in [-0.3, -0.25) is 9.79 Å². The van der Waals surface area contributed by atoms with Gasteiger partial charge in [-0.1, -0.05) is 6.42 Å². The fourth-order valence-electron chi connectivity index (χ4n) is 4.45. The Morgan fingerprint density at radius 3 is 2.65 bits per heavy atom. The molecule has 0 aromatic rings. The van der Waals surface area contributed by atoms with Crippen LogP contribution in [0.4, 0.5) is 0 Å². The third-order valence-corrected chi connectivity index (χ3v) is 5.38. The molecule has 0 bridgehead atoms. The highest BCUT2D eigenvalue weighted by Crippen LogP contribution is 2.30. The van der Waals surface area contributed by atoms with Crippen molar-refractivity contribution in [1.29, 1.82) is 0 Å². The van der Waals surface area contributed by atoms with E-state index in [1.54, 1.807) is 6.34 Å². The van der Waals surface area contributed by atoms with Crippen molar-refractivity contribution in [1.82, 2.24) is 16.0 Å². The van der Waals surface area contributed by atoms with Gasteiger partial charge < -0.3 is 16.0 Å². The Morgan fingerprint density at radius 1 is 1.13 bits per heavy atom. The van der Waals surface area contributed by atoms with Crippen LogP contribution in [0.1, 0.15) is 65.7 Å². The molecule has 1 aliphatic heterocycles. The summed E-state index contributed by atoms with van der Waals surface area (Å²) in [4.78, 5) is 17.3. The van der Waals surface area contributed by atoms with Gasteiger partial charge in [0.15, 0.2) is 0 Å². The average Bonchev–Trinajstić information content (AvgIpc) is 2.93. The molecule has 2 saturated carbocycles. The van der Waals surface area contributed by atoms with Crippen LogP contribution in [-0.2, 0) is 4.79 Å². The Labute approximate surface area is 140 Å². The average molecular weight is 320 g/mol. The van der Waals surface area contributed by atoms with Gasteiger partial charge in [0.25, 0.3) is 0 Å². The van der Waals surface area contributed by atoms with E-state index in [0.717, 1.165) is 32.1 Å². The van der Waals surface area contributed by atoms with E-state index in [2.05, 4.69) is 41.7 Å². The largest absolute Gasteiger partial charge is 0.372 e. The molecule has 1 heterocycles. The highest BCUT2D eigenvalue weighted by atomic mass is 16.2. The van der Waals surface area contributed by atoms with Gasteiger partial charge in [0.05, 0.1) is 24.3 Å². The number of carbonyl (C=O) groups excluding carboxylic acids is 1. The summed E-state index contributed by atoms with van der Waals surface area (Å²) in [6.07, 6.45) is 9.58. The van der Waals surface area contributed by atoms with Crippen LogP contribution < -0.4 is 16.0 Å². The van der Waals surface area contributed by atoms with Crippen molar-refractivity contribution in [3.05, 3.63) is 0 Å². The smallest absolute Gasteiger partial charge is 0.225 e. The minimum Gasteiger partial charge on any atom is -0.372 e. The highest BCUT2D eigenvalue weighted by Gasteiger charge is 2.39. The predicted molar refractivity (Wildman–Crippen MR) is 93.6 cm³/mol. The Kier molecular flexibility index (Phi) is 4.95. The van der Waals surface area contributed by atoms with E-state index in [1.807, 2.05) is 0 Å². The molecule has 5 unspecified atom stereocenters. The lowest BCUT2D eigenvalue weighted by atomic mass is 9.80. The summed E-state index contributed by atoms with van der Waals surface area (Å²) >= 11 is 0. The lowest BCUT2D eigenvalue weighted by molar-refractivity contribution is -0.127. The molecule has 2 aliphatic carbocycles. The molecular formula is C18H32N4O. The zero-order valence-corrected chi connectivity index (χ0v) is 14.8. The Balaban J connectivity index is 1.54. The van der Waals surface area contributed by atoms with Crippen molar-refractivity contribution in [3.63, 3.8) is 0 Å². The summed E-state index contributed by atoms with van der Waals surface area (Å²) < 4.78 is 0. The van der Waals surface area contributed by atoms with Gasteiger partial charge in [-0.15, -0.1) is 0 Å². The van der Waals surface area contributed by atoms with Crippen LogP contribution >= 0.6 is 0 Å². The van der Waals surface area contributed by atoms with Crippen LogP contribution in [0, 0.1) is 5.92 Å². The molecule has 0 saturated heterocycles. The maximum atomic E-state index is 12.8. The van der Waals surface area contributed by atoms with Gasteiger partial charge >= 0.3 is 0 Å². The molecule has 0 radical (unpaired) electrons. The first kappa shape index (κ1) is 16.7. The summed E-state index contributed by atoms with van der Waals surface area (Å²) in [7, 11) is 0. The number of nitrogens with one attached hydrogen (secondary N) is 3. The molecule has 3 aliphatic rings. The van der Waals surface area contributed by atoms with Crippen LogP contribution in [0.3, 0.4) is 0 Å². The second kappa shape index (κ2) is 6.80. The molecule has 5 nitrogen and oxygen atoms in total. The number of rotatable bonds is 3. The first-order valence-corrected chi connectivity index (χ1v) is 9.28. The molecule has 3 rings (SSSR count). The highest BCUT2D eigenvalue weighted by molar-refractivity contribution is 5.80. The van der Waals surface area contributed by atoms with E-state index in [0.29, 0.717) is 18.1 Å². The van der Waals surface area contributed by atoms with E-state index in [9.17, 15) is 4.79 Å². The van der Waals surface area contributed by atoms with Gasteiger partial charge in [0.2, 0.25) is 5.91 Å². The van der Waals surface area contributed by atoms with Crippen molar-refractivity contribution < 1.29 is 4.79 Å². The molecule has 130 valence electrons. The molecule has 1 amide bonds. The summed E-state index contributed by atoms with van der Waals surface area (Å²) in [6, 6.07) is 1.35. The Bertz CT molecular complexity index is 456. The van der Waals surface area contributed by atoms with Crippen LogP contribution in [0.2, 0.25) is 0 Å². The molecule has 2 fully saturated rings. The van der Waals surface area contributed by atoms with Crippen LogP contribution in [0.25, 0.3) is 0 Å².